The zero-order valence-corrected chi connectivity index (χ0v) is 12.6. The third kappa shape index (κ3) is 4.68. The van der Waals surface area contributed by atoms with Gasteiger partial charge in [-0.1, -0.05) is 28.1 Å². The summed E-state index contributed by atoms with van der Waals surface area (Å²) in [5.74, 6) is 0.0917. The average molecular weight is 358 g/mol. The highest BCUT2D eigenvalue weighted by Gasteiger charge is 2.11. The van der Waals surface area contributed by atoms with E-state index < -0.39 is 6.61 Å². The Bertz CT molecular complexity index is 561. The van der Waals surface area contributed by atoms with E-state index in [0.29, 0.717) is 0 Å². The second-order valence-electron chi connectivity index (χ2n) is 4.33. The van der Waals surface area contributed by atoms with Crippen molar-refractivity contribution in [1.29, 1.82) is 0 Å². The van der Waals surface area contributed by atoms with Crippen molar-refractivity contribution in [2.45, 2.75) is 12.7 Å². The van der Waals surface area contributed by atoms with Gasteiger partial charge in [0, 0.05) is 10.2 Å². The van der Waals surface area contributed by atoms with Crippen molar-refractivity contribution in [3.05, 3.63) is 58.6 Å². The second-order valence-corrected chi connectivity index (χ2v) is 5.25. The Hall–Kier alpha value is -1.66. The van der Waals surface area contributed by atoms with Crippen LogP contribution in [0.1, 0.15) is 11.6 Å². The molecule has 0 aliphatic rings. The highest BCUT2D eigenvalue weighted by molar-refractivity contribution is 9.10. The van der Waals surface area contributed by atoms with Crippen LogP contribution in [0.2, 0.25) is 0 Å². The third-order valence-corrected chi connectivity index (χ3v) is 3.40. The summed E-state index contributed by atoms with van der Waals surface area (Å²) in [6.45, 7) is -2.96. The largest absolute Gasteiger partial charge is 0.435 e. The minimum absolute atomic E-state index is 0.0917. The van der Waals surface area contributed by atoms with Gasteiger partial charge in [0.2, 0.25) is 0 Å². The molecular formula is C15H14BrF2NO2. The van der Waals surface area contributed by atoms with Gasteiger partial charge in [-0.25, -0.2) is 0 Å². The molecule has 21 heavy (non-hydrogen) atoms. The van der Waals surface area contributed by atoms with Gasteiger partial charge >= 0.3 is 6.61 Å². The molecule has 0 bridgehead atoms. The molecule has 0 aliphatic heterocycles. The number of anilines is 1. The Balaban J connectivity index is 2.08. The topological polar surface area (TPSA) is 41.5 Å². The van der Waals surface area contributed by atoms with Crippen LogP contribution in [-0.2, 0) is 0 Å². The molecule has 2 N–H and O–H groups in total. The van der Waals surface area contributed by atoms with Crippen LogP contribution >= 0.6 is 15.9 Å². The molecule has 0 heterocycles. The summed E-state index contributed by atoms with van der Waals surface area (Å²) >= 11 is 3.35. The maximum absolute atomic E-state index is 12.1. The van der Waals surface area contributed by atoms with Crippen LogP contribution in [0.25, 0.3) is 0 Å². The van der Waals surface area contributed by atoms with Crippen molar-refractivity contribution >= 4 is 21.6 Å². The summed E-state index contributed by atoms with van der Waals surface area (Å²) in [7, 11) is 0. The van der Waals surface area contributed by atoms with Crippen molar-refractivity contribution in [1.82, 2.24) is 0 Å². The van der Waals surface area contributed by atoms with Gasteiger partial charge in [0.25, 0.3) is 0 Å². The fourth-order valence-electron chi connectivity index (χ4n) is 1.86. The van der Waals surface area contributed by atoms with Gasteiger partial charge in [0.05, 0.1) is 12.6 Å². The Morgan fingerprint density at radius 1 is 1.05 bits per heavy atom. The monoisotopic (exact) mass is 357 g/mol. The molecule has 0 spiro atoms. The third-order valence-electron chi connectivity index (χ3n) is 2.88. The lowest BCUT2D eigenvalue weighted by Gasteiger charge is -2.18. The average Bonchev–Trinajstić information content (AvgIpc) is 2.47. The van der Waals surface area contributed by atoms with E-state index in [2.05, 4.69) is 26.0 Å². The number of alkyl halides is 2. The van der Waals surface area contributed by atoms with Crippen LogP contribution in [0.15, 0.2) is 53.0 Å². The Morgan fingerprint density at radius 3 is 2.19 bits per heavy atom. The standard InChI is InChI=1S/C15H14BrF2NO2/c16-11-3-5-12(6-4-11)19-14(9-20)10-1-7-13(8-2-10)21-15(17)18/h1-8,14-15,19-20H,9H2. The van der Waals surface area contributed by atoms with Gasteiger partial charge in [-0.2, -0.15) is 8.78 Å². The van der Waals surface area contributed by atoms with Gasteiger partial charge in [-0.3, -0.25) is 0 Å². The molecule has 0 amide bonds. The van der Waals surface area contributed by atoms with Crippen LogP contribution in [0.3, 0.4) is 0 Å². The number of benzene rings is 2. The van der Waals surface area contributed by atoms with Crippen molar-refractivity contribution in [2.75, 3.05) is 11.9 Å². The molecule has 0 aromatic heterocycles. The number of aliphatic hydroxyl groups excluding tert-OH is 1. The SMILES string of the molecule is OCC(Nc1ccc(Br)cc1)c1ccc(OC(F)F)cc1. The molecule has 3 nitrogen and oxygen atoms in total. The number of rotatable bonds is 6. The van der Waals surface area contributed by atoms with E-state index in [-0.39, 0.29) is 18.4 Å². The molecule has 0 saturated carbocycles. The predicted octanol–water partition coefficient (Wildman–Crippen LogP) is 4.20. The van der Waals surface area contributed by atoms with Crippen LogP contribution < -0.4 is 10.1 Å². The van der Waals surface area contributed by atoms with Crippen LogP contribution in [0.4, 0.5) is 14.5 Å². The fraction of sp³-hybridized carbons (Fsp3) is 0.200. The minimum atomic E-state index is -2.84. The van der Waals surface area contributed by atoms with Gasteiger partial charge in [-0.15, -0.1) is 0 Å². The number of hydrogen-bond donors (Lipinski definition) is 2. The lowest BCUT2D eigenvalue weighted by Crippen LogP contribution is -2.14. The Morgan fingerprint density at radius 2 is 1.67 bits per heavy atom. The van der Waals surface area contributed by atoms with Gasteiger partial charge in [-0.05, 0) is 42.0 Å². The molecule has 1 unspecified atom stereocenters. The highest BCUT2D eigenvalue weighted by Crippen LogP contribution is 2.23. The summed E-state index contributed by atoms with van der Waals surface area (Å²) in [6, 6.07) is 13.4. The summed E-state index contributed by atoms with van der Waals surface area (Å²) < 4.78 is 29.4. The van der Waals surface area contributed by atoms with Crippen molar-refractivity contribution in [3.63, 3.8) is 0 Å². The number of ether oxygens (including phenoxy) is 1. The molecule has 1 atom stereocenters. The van der Waals surface area contributed by atoms with E-state index in [1.165, 1.54) is 12.1 Å². The molecule has 2 aromatic carbocycles. The predicted molar refractivity (Wildman–Crippen MR) is 80.7 cm³/mol. The summed E-state index contributed by atoms with van der Waals surface area (Å²) in [6.07, 6.45) is 0. The molecule has 2 aromatic rings. The molecule has 0 fully saturated rings. The van der Waals surface area contributed by atoms with E-state index in [1.54, 1.807) is 12.1 Å². The Labute approximate surface area is 129 Å². The van der Waals surface area contributed by atoms with Gasteiger partial charge in [0.15, 0.2) is 0 Å². The van der Waals surface area contributed by atoms with E-state index in [1.807, 2.05) is 24.3 Å². The molecular weight excluding hydrogens is 344 g/mol. The minimum Gasteiger partial charge on any atom is -0.435 e. The van der Waals surface area contributed by atoms with Crippen molar-refractivity contribution in [2.24, 2.45) is 0 Å². The molecule has 112 valence electrons. The van der Waals surface area contributed by atoms with Crippen molar-refractivity contribution < 1.29 is 18.6 Å². The van der Waals surface area contributed by atoms with Gasteiger partial charge < -0.3 is 15.2 Å². The van der Waals surface area contributed by atoms with E-state index in [0.717, 1.165) is 15.7 Å². The van der Waals surface area contributed by atoms with Crippen LogP contribution in [-0.4, -0.2) is 18.3 Å². The quantitative estimate of drug-likeness (QED) is 0.814. The number of nitrogens with one attached hydrogen (secondary N) is 1. The zero-order chi connectivity index (χ0) is 15.2. The lowest BCUT2D eigenvalue weighted by molar-refractivity contribution is -0.0498. The first-order chi connectivity index (χ1) is 10.1. The zero-order valence-electron chi connectivity index (χ0n) is 11.0. The first-order valence-electron chi connectivity index (χ1n) is 6.26. The molecule has 6 heteroatoms. The molecule has 0 saturated heterocycles. The molecule has 0 radical (unpaired) electrons. The lowest BCUT2D eigenvalue weighted by atomic mass is 10.1. The maximum atomic E-state index is 12.1. The second kappa shape index (κ2) is 7.38. The fourth-order valence-corrected chi connectivity index (χ4v) is 2.13. The van der Waals surface area contributed by atoms with E-state index >= 15 is 0 Å². The Kier molecular flexibility index (Phi) is 5.52. The van der Waals surface area contributed by atoms with Crippen LogP contribution in [0, 0.1) is 0 Å². The summed E-state index contributed by atoms with van der Waals surface area (Å²) in [5.41, 5.74) is 1.63. The number of halogens is 3. The van der Waals surface area contributed by atoms with Crippen LogP contribution in [0.5, 0.6) is 5.75 Å². The first kappa shape index (κ1) is 15.7. The smallest absolute Gasteiger partial charge is 0.387 e. The number of aliphatic hydroxyl groups is 1. The van der Waals surface area contributed by atoms with Gasteiger partial charge in [0.1, 0.15) is 5.75 Å². The molecule has 2 rings (SSSR count). The highest BCUT2D eigenvalue weighted by atomic mass is 79.9. The van der Waals surface area contributed by atoms with E-state index in [9.17, 15) is 13.9 Å². The normalized spacial score (nSPS) is 12.2. The maximum Gasteiger partial charge on any atom is 0.387 e. The van der Waals surface area contributed by atoms with E-state index in [4.69, 9.17) is 0 Å². The van der Waals surface area contributed by atoms with Crippen molar-refractivity contribution in [3.8, 4) is 5.75 Å². The summed E-state index contributed by atoms with van der Waals surface area (Å²) in [4.78, 5) is 0. The molecule has 0 aliphatic carbocycles. The summed E-state index contributed by atoms with van der Waals surface area (Å²) in [5, 5.41) is 12.7. The number of hydrogen-bond acceptors (Lipinski definition) is 3. The first-order valence-corrected chi connectivity index (χ1v) is 7.05.